The molecule has 0 saturated carbocycles. The van der Waals surface area contributed by atoms with Crippen LogP contribution in [0, 0.1) is 0 Å². The van der Waals surface area contributed by atoms with Gasteiger partial charge in [-0.15, -0.1) is 0 Å². The summed E-state index contributed by atoms with van der Waals surface area (Å²) >= 11 is 5.81. The number of hydrogen-bond donors (Lipinski definition) is 1. The number of anilines is 1. The Balaban J connectivity index is 2.10. The molecule has 0 aliphatic carbocycles. The molecule has 1 N–H and O–H groups in total. The Labute approximate surface area is 127 Å². The van der Waals surface area contributed by atoms with E-state index in [0.29, 0.717) is 22.0 Å². The summed E-state index contributed by atoms with van der Waals surface area (Å²) in [5.41, 5.74) is 1.05. The molecule has 0 aliphatic rings. The lowest BCUT2D eigenvalue weighted by molar-refractivity contribution is 0.102. The molecule has 5 nitrogen and oxygen atoms in total. The Morgan fingerprint density at radius 1 is 1.24 bits per heavy atom. The summed E-state index contributed by atoms with van der Waals surface area (Å²) < 4.78 is 22.4. The molecule has 0 atom stereocenters. The van der Waals surface area contributed by atoms with E-state index in [2.05, 4.69) is 10.3 Å². The lowest BCUT2D eigenvalue weighted by Crippen LogP contribution is -2.13. The van der Waals surface area contributed by atoms with Crippen LogP contribution in [0.2, 0.25) is 5.02 Å². The molecule has 0 bridgehead atoms. The van der Waals surface area contributed by atoms with Gasteiger partial charge in [-0.05, 0) is 29.8 Å². The monoisotopic (exact) mass is 324 g/mol. The van der Waals surface area contributed by atoms with Crippen LogP contribution in [0.3, 0.4) is 0 Å². The zero-order chi connectivity index (χ0) is 15.5. The summed E-state index contributed by atoms with van der Waals surface area (Å²) in [5, 5.41) is 3.09. The van der Waals surface area contributed by atoms with Crippen molar-refractivity contribution in [3.05, 3.63) is 58.7 Å². The third-order valence-electron chi connectivity index (χ3n) is 2.61. The van der Waals surface area contributed by atoms with Gasteiger partial charge < -0.3 is 5.32 Å². The summed E-state index contributed by atoms with van der Waals surface area (Å²) in [5.74, 6) is -0.0338. The summed E-state index contributed by atoms with van der Waals surface area (Å²) in [7, 11) is -3.09. The Bertz CT molecular complexity index is 758. The van der Waals surface area contributed by atoms with Crippen LogP contribution in [-0.2, 0) is 15.6 Å². The van der Waals surface area contributed by atoms with Crippen molar-refractivity contribution < 1.29 is 13.2 Å². The minimum Gasteiger partial charge on any atom is -0.307 e. The molecular formula is C14H13ClN2O3S. The van der Waals surface area contributed by atoms with Gasteiger partial charge in [-0.1, -0.05) is 23.7 Å². The van der Waals surface area contributed by atoms with Gasteiger partial charge in [0.25, 0.3) is 5.91 Å². The minimum atomic E-state index is -3.09. The number of amides is 1. The lowest BCUT2D eigenvalue weighted by Gasteiger charge is -2.05. The van der Waals surface area contributed by atoms with Gasteiger partial charge >= 0.3 is 0 Å². The van der Waals surface area contributed by atoms with E-state index in [1.807, 2.05) is 0 Å². The third kappa shape index (κ3) is 4.84. The van der Waals surface area contributed by atoms with Crippen LogP contribution in [-0.4, -0.2) is 25.6 Å². The van der Waals surface area contributed by atoms with Crippen molar-refractivity contribution in [1.29, 1.82) is 0 Å². The first-order chi connectivity index (χ1) is 9.83. The number of nitrogens with zero attached hydrogens (tertiary/aromatic N) is 1. The summed E-state index contributed by atoms with van der Waals surface area (Å²) in [4.78, 5) is 16.0. The van der Waals surface area contributed by atoms with Gasteiger partial charge in [-0.25, -0.2) is 13.4 Å². The SMILES string of the molecule is CS(=O)(=O)Cc1ccc(C(=O)Nc2cc(Cl)ccn2)cc1. The van der Waals surface area contributed by atoms with Gasteiger partial charge in [-0.2, -0.15) is 0 Å². The molecule has 0 radical (unpaired) electrons. The number of carbonyl (C=O) groups excluding carboxylic acids is 1. The van der Waals surface area contributed by atoms with Crippen LogP contribution < -0.4 is 5.32 Å². The Hall–Kier alpha value is -1.92. The molecule has 0 unspecified atom stereocenters. The van der Waals surface area contributed by atoms with Gasteiger partial charge in [0.1, 0.15) is 5.82 Å². The molecule has 21 heavy (non-hydrogen) atoms. The van der Waals surface area contributed by atoms with E-state index in [9.17, 15) is 13.2 Å². The Morgan fingerprint density at radius 3 is 2.48 bits per heavy atom. The minimum absolute atomic E-state index is 0.0508. The molecule has 7 heteroatoms. The van der Waals surface area contributed by atoms with E-state index in [4.69, 9.17) is 11.6 Å². The molecule has 0 saturated heterocycles. The fourth-order valence-corrected chi connectivity index (χ4v) is 2.67. The molecule has 1 heterocycles. The normalized spacial score (nSPS) is 11.1. The van der Waals surface area contributed by atoms with Crippen molar-refractivity contribution in [2.45, 2.75) is 5.75 Å². The molecule has 1 aromatic carbocycles. The first-order valence-corrected chi connectivity index (χ1v) is 8.47. The third-order valence-corrected chi connectivity index (χ3v) is 3.70. The van der Waals surface area contributed by atoms with Gasteiger partial charge in [0.05, 0.1) is 5.75 Å². The van der Waals surface area contributed by atoms with Crippen molar-refractivity contribution in [3.8, 4) is 0 Å². The largest absolute Gasteiger partial charge is 0.307 e. The number of halogens is 1. The highest BCUT2D eigenvalue weighted by molar-refractivity contribution is 7.89. The molecule has 1 aromatic heterocycles. The standard InChI is InChI=1S/C14H13ClN2O3S/c1-21(19,20)9-10-2-4-11(5-3-10)14(18)17-13-8-12(15)6-7-16-13/h2-8H,9H2,1H3,(H,16,17,18). The highest BCUT2D eigenvalue weighted by Crippen LogP contribution is 2.14. The zero-order valence-corrected chi connectivity index (χ0v) is 12.8. The predicted octanol–water partition coefficient (Wildman–Crippen LogP) is 2.53. The van der Waals surface area contributed by atoms with Gasteiger partial charge in [0, 0.05) is 23.0 Å². The van der Waals surface area contributed by atoms with E-state index in [1.165, 1.54) is 18.5 Å². The summed E-state index contributed by atoms with van der Waals surface area (Å²) in [6.45, 7) is 0. The van der Waals surface area contributed by atoms with Crippen molar-refractivity contribution in [1.82, 2.24) is 4.98 Å². The molecule has 0 spiro atoms. The maximum Gasteiger partial charge on any atom is 0.256 e. The van der Waals surface area contributed by atoms with Gasteiger partial charge in [0.15, 0.2) is 9.84 Å². The number of pyridine rings is 1. The van der Waals surface area contributed by atoms with Crippen molar-refractivity contribution in [2.75, 3.05) is 11.6 Å². The molecule has 2 rings (SSSR count). The van der Waals surface area contributed by atoms with Crippen LogP contribution >= 0.6 is 11.6 Å². The van der Waals surface area contributed by atoms with Crippen LogP contribution in [0.1, 0.15) is 15.9 Å². The number of rotatable bonds is 4. The van der Waals surface area contributed by atoms with Crippen molar-refractivity contribution in [2.24, 2.45) is 0 Å². The topological polar surface area (TPSA) is 76.1 Å². The fraction of sp³-hybridized carbons (Fsp3) is 0.143. The molecule has 1 amide bonds. The average molecular weight is 325 g/mol. The first-order valence-electron chi connectivity index (χ1n) is 6.03. The van der Waals surface area contributed by atoms with E-state index in [0.717, 1.165) is 0 Å². The van der Waals surface area contributed by atoms with E-state index in [-0.39, 0.29) is 11.7 Å². The van der Waals surface area contributed by atoms with E-state index in [1.54, 1.807) is 30.3 Å². The van der Waals surface area contributed by atoms with Crippen LogP contribution in [0.4, 0.5) is 5.82 Å². The number of sulfone groups is 1. The molecule has 0 aliphatic heterocycles. The molecule has 2 aromatic rings. The summed E-state index contributed by atoms with van der Waals surface area (Å²) in [6.07, 6.45) is 2.66. The van der Waals surface area contributed by atoms with E-state index < -0.39 is 9.84 Å². The second-order valence-corrected chi connectivity index (χ2v) is 7.16. The first kappa shape index (κ1) is 15.5. The predicted molar refractivity (Wildman–Crippen MR) is 82.2 cm³/mol. The van der Waals surface area contributed by atoms with Crippen molar-refractivity contribution in [3.63, 3.8) is 0 Å². The average Bonchev–Trinajstić information content (AvgIpc) is 2.37. The van der Waals surface area contributed by atoms with Crippen LogP contribution in [0.15, 0.2) is 42.6 Å². The number of benzene rings is 1. The lowest BCUT2D eigenvalue weighted by atomic mass is 10.1. The number of hydrogen-bond acceptors (Lipinski definition) is 4. The highest BCUT2D eigenvalue weighted by Gasteiger charge is 2.09. The van der Waals surface area contributed by atoms with Crippen LogP contribution in [0.25, 0.3) is 0 Å². The Kier molecular flexibility index (Phi) is 4.59. The van der Waals surface area contributed by atoms with Crippen LogP contribution in [0.5, 0.6) is 0 Å². The highest BCUT2D eigenvalue weighted by atomic mass is 35.5. The maximum atomic E-state index is 12.0. The number of nitrogens with one attached hydrogen (secondary N) is 1. The number of carbonyl (C=O) groups is 1. The maximum absolute atomic E-state index is 12.0. The fourth-order valence-electron chi connectivity index (χ4n) is 1.72. The zero-order valence-electron chi connectivity index (χ0n) is 11.2. The second-order valence-electron chi connectivity index (χ2n) is 4.58. The Morgan fingerprint density at radius 2 is 1.90 bits per heavy atom. The van der Waals surface area contributed by atoms with Crippen molar-refractivity contribution >= 4 is 33.2 Å². The quantitative estimate of drug-likeness (QED) is 0.937. The van der Waals surface area contributed by atoms with Gasteiger partial charge in [0.2, 0.25) is 0 Å². The smallest absolute Gasteiger partial charge is 0.256 e. The molecular weight excluding hydrogens is 312 g/mol. The molecule has 110 valence electrons. The van der Waals surface area contributed by atoms with E-state index >= 15 is 0 Å². The van der Waals surface area contributed by atoms with Gasteiger partial charge in [-0.3, -0.25) is 4.79 Å². The summed E-state index contributed by atoms with van der Waals surface area (Å²) in [6, 6.07) is 9.51. The second kappa shape index (κ2) is 6.24. The molecule has 0 fully saturated rings. The number of aromatic nitrogens is 1.